The van der Waals surface area contributed by atoms with Crippen molar-refractivity contribution in [2.45, 2.75) is 31.3 Å². The molecule has 0 heterocycles. The van der Waals surface area contributed by atoms with E-state index >= 15 is 0 Å². The minimum Gasteiger partial charge on any atom is -0.508 e. The first-order chi connectivity index (χ1) is 13.4. The van der Waals surface area contributed by atoms with E-state index in [0.29, 0.717) is 31.2 Å². The number of para-hydroxylation sites is 1. The lowest BCUT2D eigenvalue weighted by Crippen LogP contribution is -2.45. The van der Waals surface area contributed by atoms with Crippen LogP contribution in [-0.2, 0) is 0 Å². The summed E-state index contributed by atoms with van der Waals surface area (Å²) in [6.07, 6.45) is 2.16. The second kappa shape index (κ2) is 8.56. The smallest absolute Gasteiger partial charge is 0.251 e. The average molecular weight is 391 g/mol. The topological polar surface area (TPSA) is 78.8 Å². The number of ether oxygens (including phenoxy) is 1. The molecule has 3 N–H and O–H groups in total. The quantitative estimate of drug-likeness (QED) is 0.705. The third-order valence-electron chi connectivity index (χ3n) is 5.13. The second-order valence-electron chi connectivity index (χ2n) is 7.26. The molecule has 2 aromatic rings. The highest BCUT2D eigenvalue weighted by atomic mass is 19.1. The lowest BCUT2D eigenvalue weighted by atomic mass is 9.79. The SMILES string of the molecule is O=C(NC[C@]1(O)CC[C@@H](COc2c(F)cccc2F)CC1)c1ccc(O)cc1. The van der Waals surface area contributed by atoms with Gasteiger partial charge in [-0.3, -0.25) is 4.79 Å². The Balaban J connectivity index is 1.46. The molecule has 1 fully saturated rings. The summed E-state index contributed by atoms with van der Waals surface area (Å²) in [4.78, 5) is 12.1. The second-order valence-corrected chi connectivity index (χ2v) is 7.26. The summed E-state index contributed by atoms with van der Waals surface area (Å²) in [5, 5.41) is 22.7. The van der Waals surface area contributed by atoms with Gasteiger partial charge in [-0.1, -0.05) is 6.07 Å². The van der Waals surface area contributed by atoms with Crippen LogP contribution < -0.4 is 10.1 Å². The van der Waals surface area contributed by atoms with E-state index in [2.05, 4.69) is 5.32 Å². The van der Waals surface area contributed by atoms with Gasteiger partial charge in [-0.05, 0) is 68.0 Å². The summed E-state index contributed by atoms with van der Waals surface area (Å²) in [6, 6.07) is 9.43. The van der Waals surface area contributed by atoms with Crippen molar-refractivity contribution in [1.82, 2.24) is 5.32 Å². The minimum atomic E-state index is -1.02. The van der Waals surface area contributed by atoms with E-state index in [9.17, 15) is 23.8 Å². The number of carbonyl (C=O) groups excluding carboxylic acids is 1. The lowest BCUT2D eigenvalue weighted by molar-refractivity contribution is -0.0133. The van der Waals surface area contributed by atoms with E-state index in [0.717, 1.165) is 12.1 Å². The van der Waals surface area contributed by atoms with Gasteiger partial charge in [0.15, 0.2) is 17.4 Å². The van der Waals surface area contributed by atoms with Gasteiger partial charge < -0.3 is 20.3 Å². The number of nitrogens with one attached hydrogen (secondary N) is 1. The lowest BCUT2D eigenvalue weighted by Gasteiger charge is -2.36. The van der Waals surface area contributed by atoms with E-state index in [1.54, 1.807) is 0 Å². The molecule has 0 aromatic heterocycles. The van der Waals surface area contributed by atoms with Crippen LogP contribution in [0.2, 0.25) is 0 Å². The van der Waals surface area contributed by atoms with Gasteiger partial charge in [-0.2, -0.15) is 0 Å². The van der Waals surface area contributed by atoms with Crippen LogP contribution in [0, 0.1) is 17.6 Å². The number of aromatic hydroxyl groups is 1. The van der Waals surface area contributed by atoms with Gasteiger partial charge in [-0.15, -0.1) is 0 Å². The minimum absolute atomic E-state index is 0.0750. The first-order valence-corrected chi connectivity index (χ1v) is 9.23. The van der Waals surface area contributed by atoms with Gasteiger partial charge in [0, 0.05) is 12.1 Å². The molecule has 3 rings (SSSR count). The molecule has 5 nitrogen and oxygen atoms in total. The molecule has 0 spiro atoms. The number of amides is 1. The molecule has 0 radical (unpaired) electrons. The summed E-state index contributed by atoms with van der Waals surface area (Å²) >= 11 is 0. The van der Waals surface area contributed by atoms with E-state index in [1.165, 1.54) is 30.3 Å². The van der Waals surface area contributed by atoms with Gasteiger partial charge in [0.05, 0.1) is 12.2 Å². The Labute approximate surface area is 162 Å². The van der Waals surface area contributed by atoms with Crippen molar-refractivity contribution in [3.63, 3.8) is 0 Å². The Bertz CT molecular complexity index is 797. The van der Waals surface area contributed by atoms with Crippen molar-refractivity contribution in [2.24, 2.45) is 5.92 Å². The number of halogens is 2. The predicted molar refractivity (Wildman–Crippen MR) is 99.2 cm³/mol. The number of aliphatic hydroxyl groups is 1. The number of hydrogen-bond donors (Lipinski definition) is 3. The summed E-state index contributed by atoms with van der Waals surface area (Å²) < 4.78 is 32.5. The molecule has 0 unspecified atom stereocenters. The molecule has 0 atom stereocenters. The van der Waals surface area contributed by atoms with Crippen molar-refractivity contribution in [3.8, 4) is 11.5 Å². The fourth-order valence-corrected chi connectivity index (χ4v) is 3.34. The van der Waals surface area contributed by atoms with Gasteiger partial charge in [0.1, 0.15) is 5.75 Å². The molecule has 1 aliphatic rings. The molecule has 0 bridgehead atoms. The molecule has 1 aliphatic carbocycles. The summed E-state index contributed by atoms with van der Waals surface area (Å²) in [5.74, 6) is -2.01. The van der Waals surface area contributed by atoms with Crippen LogP contribution in [-0.4, -0.2) is 34.9 Å². The maximum absolute atomic E-state index is 13.6. The molecule has 28 heavy (non-hydrogen) atoms. The van der Waals surface area contributed by atoms with Gasteiger partial charge in [0.25, 0.3) is 5.91 Å². The van der Waals surface area contributed by atoms with Crippen LogP contribution in [0.25, 0.3) is 0 Å². The molecule has 0 aliphatic heterocycles. The third-order valence-corrected chi connectivity index (χ3v) is 5.13. The largest absolute Gasteiger partial charge is 0.508 e. The normalized spacial score (nSPS) is 21.9. The highest BCUT2D eigenvalue weighted by molar-refractivity contribution is 5.94. The molecular weight excluding hydrogens is 368 g/mol. The van der Waals surface area contributed by atoms with E-state index < -0.39 is 17.2 Å². The van der Waals surface area contributed by atoms with Crippen molar-refractivity contribution >= 4 is 5.91 Å². The highest BCUT2D eigenvalue weighted by Gasteiger charge is 2.34. The van der Waals surface area contributed by atoms with E-state index in [-0.39, 0.29) is 36.5 Å². The maximum atomic E-state index is 13.6. The number of carbonyl (C=O) groups is 1. The van der Waals surface area contributed by atoms with Crippen LogP contribution >= 0.6 is 0 Å². The van der Waals surface area contributed by atoms with Crippen molar-refractivity contribution in [2.75, 3.05) is 13.2 Å². The number of rotatable bonds is 6. The monoisotopic (exact) mass is 391 g/mol. The summed E-state index contributed by atoms with van der Waals surface area (Å²) in [7, 11) is 0. The molecule has 1 saturated carbocycles. The van der Waals surface area contributed by atoms with Crippen molar-refractivity contribution in [1.29, 1.82) is 0 Å². The Morgan fingerprint density at radius 2 is 1.71 bits per heavy atom. The zero-order valence-corrected chi connectivity index (χ0v) is 15.3. The van der Waals surface area contributed by atoms with Gasteiger partial charge >= 0.3 is 0 Å². The number of benzene rings is 2. The first kappa shape index (κ1) is 20.1. The standard InChI is InChI=1S/C21H23F2NO4/c22-17-2-1-3-18(23)19(17)28-12-14-8-10-21(27,11-9-14)13-24-20(26)15-4-6-16(25)7-5-15/h1-7,14,25,27H,8-13H2,(H,24,26)/t14-,21+. The Kier molecular flexibility index (Phi) is 6.14. The van der Waals surface area contributed by atoms with Gasteiger partial charge in [-0.25, -0.2) is 8.78 Å². The number of phenolic OH excluding ortho intramolecular Hbond substituents is 1. The Hall–Kier alpha value is -2.67. The molecular formula is C21H23F2NO4. The van der Waals surface area contributed by atoms with Crippen LogP contribution in [0.15, 0.2) is 42.5 Å². The molecule has 7 heteroatoms. The first-order valence-electron chi connectivity index (χ1n) is 9.23. The zero-order valence-electron chi connectivity index (χ0n) is 15.3. The maximum Gasteiger partial charge on any atom is 0.251 e. The van der Waals surface area contributed by atoms with E-state index in [1.807, 2.05) is 0 Å². The third kappa shape index (κ3) is 4.98. The highest BCUT2D eigenvalue weighted by Crippen LogP contribution is 2.33. The van der Waals surface area contributed by atoms with Gasteiger partial charge in [0.2, 0.25) is 0 Å². The fraction of sp³-hybridized carbons (Fsp3) is 0.381. The number of hydrogen-bond acceptors (Lipinski definition) is 4. The molecule has 2 aromatic carbocycles. The zero-order chi connectivity index (χ0) is 20.1. The fourth-order valence-electron chi connectivity index (χ4n) is 3.34. The molecule has 150 valence electrons. The number of phenols is 1. The van der Waals surface area contributed by atoms with Crippen LogP contribution in [0.4, 0.5) is 8.78 Å². The van der Waals surface area contributed by atoms with E-state index in [4.69, 9.17) is 4.74 Å². The summed E-state index contributed by atoms with van der Waals surface area (Å²) in [5.41, 5.74) is -0.623. The Morgan fingerprint density at radius 3 is 2.32 bits per heavy atom. The van der Waals surface area contributed by atoms with Crippen LogP contribution in [0.5, 0.6) is 11.5 Å². The summed E-state index contributed by atoms with van der Waals surface area (Å²) in [6.45, 7) is 0.288. The molecule has 1 amide bonds. The van der Waals surface area contributed by atoms with Crippen LogP contribution in [0.3, 0.4) is 0 Å². The van der Waals surface area contributed by atoms with Crippen molar-refractivity contribution in [3.05, 3.63) is 59.7 Å². The molecule has 0 saturated heterocycles. The Morgan fingerprint density at radius 1 is 1.11 bits per heavy atom. The van der Waals surface area contributed by atoms with Crippen molar-refractivity contribution < 1.29 is 28.5 Å². The van der Waals surface area contributed by atoms with Crippen LogP contribution in [0.1, 0.15) is 36.0 Å². The predicted octanol–water partition coefficient (Wildman–Crippen LogP) is 3.40. The average Bonchev–Trinajstić information content (AvgIpc) is 2.68.